The molecule has 3 aromatic heterocycles. The van der Waals surface area contributed by atoms with Crippen molar-refractivity contribution in [3.8, 4) is 11.4 Å². The summed E-state index contributed by atoms with van der Waals surface area (Å²) in [5.74, 6) is 1.97. The van der Waals surface area contributed by atoms with E-state index in [0.29, 0.717) is 25.5 Å². The summed E-state index contributed by atoms with van der Waals surface area (Å²) in [6, 6.07) is 6.17. The summed E-state index contributed by atoms with van der Waals surface area (Å²) in [5.41, 5.74) is 0.123. The van der Waals surface area contributed by atoms with E-state index < -0.39 is 11.7 Å². The van der Waals surface area contributed by atoms with Crippen LogP contribution in [0, 0.1) is 0 Å². The van der Waals surface area contributed by atoms with Gasteiger partial charge in [0.1, 0.15) is 5.82 Å². The third-order valence-electron chi connectivity index (χ3n) is 4.07. The summed E-state index contributed by atoms with van der Waals surface area (Å²) in [5, 5.41) is 8.42. The fourth-order valence-corrected chi connectivity index (χ4v) is 2.80. The van der Waals surface area contributed by atoms with Crippen molar-refractivity contribution < 1.29 is 13.2 Å². The number of pyridine rings is 2. The van der Waals surface area contributed by atoms with Gasteiger partial charge in [0.25, 0.3) is 0 Å². The molecule has 6 nitrogen and oxygen atoms in total. The van der Waals surface area contributed by atoms with E-state index in [2.05, 4.69) is 20.2 Å². The molecule has 0 bridgehead atoms. The molecule has 9 heteroatoms. The average Bonchev–Trinajstić information content (AvgIpc) is 3.05. The van der Waals surface area contributed by atoms with Crippen molar-refractivity contribution in [2.75, 3.05) is 11.4 Å². The predicted octanol–water partition coefficient (Wildman–Crippen LogP) is 2.77. The summed E-state index contributed by atoms with van der Waals surface area (Å²) in [6.07, 6.45) is -0.113. The number of rotatable bonds is 2. The zero-order valence-corrected chi connectivity index (χ0v) is 13.0. The van der Waals surface area contributed by atoms with E-state index in [1.54, 1.807) is 12.4 Å². The number of fused-ring (bicyclic) bond motifs is 1. The van der Waals surface area contributed by atoms with Crippen molar-refractivity contribution in [1.29, 1.82) is 0 Å². The lowest BCUT2D eigenvalue weighted by atomic mass is 10.2. The van der Waals surface area contributed by atoms with Crippen LogP contribution in [0.2, 0.25) is 0 Å². The van der Waals surface area contributed by atoms with Crippen LogP contribution in [0.3, 0.4) is 0 Å². The maximum absolute atomic E-state index is 12.6. The van der Waals surface area contributed by atoms with Gasteiger partial charge in [-0.25, -0.2) is 4.98 Å². The van der Waals surface area contributed by atoms with Gasteiger partial charge in [-0.1, -0.05) is 0 Å². The molecular formula is C16H13F3N6. The molecule has 0 aliphatic carbocycles. The van der Waals surface area contributed by atoms with Gasteiger partial charge >= 0.3 is 6.18 Å². The molecule has 25 heavy (non-hydrogen) atoms. The van der Waals surface area contributed by atoms with E-state index >= 15 is 0 Å². The monoisotopic (exact) mass is 346 g/mol. The quantitative estimate of drug-likeness (QED) is 0.714. The number of halogens is 3. The Hall–Kier alpha value is -2.97. The zero-order valence-electron chi connectivity index (χ0n) is 13.0. The van der Waals surface area contributed by atoms with Crippen molar-refractivity contribution in [3.63, 3.8) is 0 Å². The number of hydrogen-bond acceptors (Lipinski definition) is 5. The summed E-state index contributed by atoms with van der Waals surface area (Å²) < 4.78 is 39.9. The fourth-order valence-electron chi connectivity index (χ4n) is 2.80. The SMILES string of the molecule is FC(F)(F)c1ccc(N2CCn3c(nnc3-c3cccnc3)C2)nc1. The summed E-state index contributed by atoms with van der Waals surface area (Å²) in [7, 11) is 0. The maximum Gasteiger partial charge on any atom is 0.417 e. The van der Waals surface area contributed by atoms with Crippen molar-refractivity contribution in [2.24, 2.45) is 0 Å². The van der Waals surface area contributed by atoms with E-state index in [9.17, 15) is 13.2 Å². The van der Waals surface area contributed by atoms with Crippen LogP contribution in [0.4, 0.5) is 19.0 Å². The molecule has 4 rings (SSSR count). The van der Waals surface area contributed by atoms with Crippen molar-refractivity contribution in [3.05, 3.63) is 54.2 Å². The number of hydrogen-bond donors (Lipinski definition) is 0. The van der Waals surface area contributed by atoms with Gasteiger partial charge in [0.15, 0.2) is 11.6 Å². The Morgan fingerprint density at radius 3 is 2.56 bits per heavy atom. The molecule has 0 atom stereocenters. The van der Waals surface area contributed by atoms with Crippen LogP contribution in [-0.2, 0) is 19.3 Å². The molecule has 128 valence electrons. The Kier molecular flexibility index (Phi) is 3.63. The van der Waals surface area contributed by atoms with Crippen LogP contribution >= 0.6 is 0 Å². The first kappa shape index (κ1) is 15.6. The molecule has 1 aliphatic rings. The smallest absolute Gasteiger partial charge is 0.347 e. The van der Waals surface area contributed by atoms with Gasteiger partial charge in [0.2, 0.25) is 0 Å². The molecule has 0 unspecified atom stereocenters. The van der Waals surface area contributed by atoms with Gasteiger partial charge < -0.3 is 9.47 Å². The lowest BCUT2D eigenvalue weighted by Crippen LogP contribution is -2.34. The molecule has 3 aromatic rings. The van der Waals surface area contributed by atoms with E-state index in [-0.39, 0.29) is 0 Å². The molecule has 1 aliphatic heterocycles. The number of anilines is 1. The molecule has 0 fully saturated rings. The third-order valence-corrected chi connectivity index (χ3v) is 4.07. The van der Waals surface area contributed by atoms with Crippen molar-refractivity contribution in [1.82, 2.24) is 24.7 Å². The Bertz CT molecular complexity index is 873. The minimum absolute atomic E-state index is 0.436. The standard InChI is InChI=1S/C16H13F3N6/c17-16(18,19)12-3-4-13(21-9-12)24-6-7-25-14(10-24)22-23-15(25)11-2-1-5-20-8-11/h1-5,8-9H,6-7,10H2. The zero-order chi connectivity index (χ0) is 17.4. The summed E-state index contributed by atoms with van der Waals surface area (Å²) in [4.78, 5) is 9.92. The van der Waals surface area contributed by atoms with Gasteiger partial charge in [-0.15, -0.1) is 10.2 Å². The first-order valence-corrected chi connectivity index (χ1v) is 7.63. The van der Waals surface area contributed by atoms with E-state index in [1.165, 1.54) is 6.07 Å². The Morgan fingerprint density at radius 2 is 1.88 bits per heavy atom. The van der Waals surface area contributed by atoms with E-state index in [0.717, 1.165) is 29.5 Å². The highest BCUT2D eigenvalue weighted by Gasteiger charge is 2.31. The molecule has 0 saturated carbocycles. The molecule has 0 N–H and O–H groups in total. The first-order chi connectivity index (χ1) is 12.0. The Morgan fingerprint density at radius 1 is 1.00 bits per heavy atom. The summed E-state index contributed by atoms with van der Waals surface area (Å²) in [6.45, 7) is 1.66. The topological polar surface area (TPSA) is 59.7 Å². The molecular weight excluding hydrogens is 333 g/mol. The second-order valence-corrected chi connectivity index (χ2v) is 5.66. The second-order valence-electron chi connectivity index (χ2n) is 5.66. The molecule has 4 heterocycles. The predicted molar refractivity (Wildman–Crippen MR) is 83.5 cm³/mol. The maximum atomic E-state index is 12.6. The highest BCUT2D eigenvalue weighted by Crippen LogP contribution is 2.30. The molecule has 0 radical (unpaired) electrons. The van der Waals surface area contributed by atoms with Crippen LogP contribution in [0.25, 0.3) is 11.4 Å². The van der Waals surface area contributed by atoms with Gasteiger partial charge in [-0.3, -0.25) is 4.98 Å². The summed E-state index contributed by atoms with van der Waals surface area (Å²) >= 11 is 0. The number of aromatic nitrogens is 5. The Balaban J connectivity index is 1.57. The normalized spacial score (nSPS) is 14.4. The minimum Gasteiger partial charge on any atom is -0.347 e. The molecule has 0 spiro atoms. The minimum atomic E-state index is -4.38. The van der Waals surface area contributed by atoms with Crippen LogP contribution in [0.5, 0.6) is 0 Å². The number of alkyl halides is 3. The van der Waals surface area contributed by atoms with Crippen LogP contribution < -0.4 is 4.90 Å². The third kappa shape index (κ3) is 2.92. The van der Waals surface area contributed by atoms with Gasteiger partial charge in [0.05, 0.1) is 12.1 Å². The van der Waals surface area contributed by atoms with Gasteiger partial charge in [-0.2, -0.15) is 13.2 Å². The van der Waals surface area contributed by atoms with Gasteiger partial charge in [0, 0.05) is 37.2 Å². The highest BCUT2D eigenvalue weighted by molar-refractivity contribution is 5.54. The van der Waals surface area contributed by atoms with Crippen LogP contribution in [0.15, 0.2) is 42.9 Å². The van der Waals surface area contributed by atoms with Crippen LogP contribution in [-0.4, -0.2) is 31.3 Å². The van der Waals surface area contributed by atoms with Gasteiger partial charge in [-0.05, 0) is 24.3 Å². The first-order valence-electron chi connectivity index (χ1n) is 7.63. The van der Waals surface area contributed by atoms with Crippen molar-refractivity contribution >= 4 is 5.82 Å². The Labute approximate surface area is 141 Å². The lowest BCUT2D eigenvalue weighted by molar-refractivity contribution is -0.137. The van der Waals surface area contributed by atoms with Crippen molar-refractivity contribution in [2.45, 2.75) is 19.3 Å². The molecule has 0 amide bonds. The fraction of sp³-hybridized carbons (Fsp3) is 0.250. The van der Waals surface area contributed by atoms with E-state index in [1.807, 2.05) is 21.6 Å². The van der Waals surface area contributed by atoms with E-state index in [4.69, 9.17) is 0 Å². The molecule has 0 saturated heterocycles. The largest absolute Gasteiger partial charge is 0.417 e. The number of nitrogens with zero attached hydrogens (tertiary/aromatic N) is 6. The average molecular weight is 346 g/mol. The lowest BCUT2D eigenvalue weighted by Gasteiger charge is -2.28. The highest BCUT2D eigenvalue weighted by atomic mass is 19.4. The molecule has 0 aromatic carbocycles. The van der Waals surface area contributed by atoms with Crippen LogP contribution in [0.1, 0.15) is 11.4 Å². The second kappa shape index (κ2) is 5.83.